The normalized spacial score (nSPS) is 34.9. The summed E-state index contributed by atoms with van der Waals surface area (Å²) in [4.78, 5) is 24.3. The molecule has 2 amide bonds. The molecule has 0 unspecified atom stereocenters. The van der Waals surface area contributed by atoms with Crippen molar-refractivity contribution < 1.29 is 9.59 Å². The summed E-state index contributed by atoms with van der Waals surface area (Å²) < 4.78 is 0. The van der Waals surface area contributed by atoms with Gasteiger partial charge in [0.2, 0.25) is 11.8 Å². The number of hydrogen-bond donors (Lipinski definition) is 1. The van der Waals surface area contributed by atoms with Crippen molar-refractivity contribution in [3.8, 4) is 0 Å². The molecule has 4 heteroatoms. The van der Waals surface area contributed by atoms with Crippen LogP contribution in [0.1, 0.15) is 12.8 Å². The van der Waals surface area contributed by atoms with E-state index in [1.807, 2.05) is 0 Å². The van der Waals surface area contributed by atoms with Crippen LogP contribution < -0.4 is 5.32 Å². The summed E-state index contributed by atoms with van der Waals surface area (Å²) in [5, 5.41) is 2.72. The molecule has 4 nitrogen and oxygen atoms in total. The highest BCUT2D eigenvalue weighted by atomic mass is 16.2. The van der Waals surface area contributed by atoms with E-state index in [2.05, 4.69) is 5.32 Å². The molecule has 0 aromatic heterocycles. The molecule has 66 valence electrons. The van der Waals surface area contributed by atoms with Crippen LogP contribution in [0.3, 0.4) is 0 Å². The second-order valence-electron chi connectivity index (χ2n) is 3.71. The third-order valence-corrected chi connectivity index (χ3v) is 2.85. The summed E-state index contributed by atoms with van der Waals surface area (Å²) in [6.45, 7) is 1.32. The molecule has 1 atom stereocenters. The Hall–Kier alpha value is -1.06. The van der Waals surface area contributed by atoms with Crippen molar-refractivity contribution in [1.82, 2.24) is 10.2 Å². The molecule has 0 aromatic carbocycles. The molecule has 2 heterocycles. The van der Waals surface area contributed by atoms with Crippen LogP contribution in [-0.4, -0.2) is 36.9 Å². The van der Waals surface area contributed by atoms with Gasteiger partial charge < -0.3 is 10.2 Å². The zero-order chi connectivity index (χ0) is 8.77. The van der Waals surface area contributed by atoms with Gasteiger partial charge in [0.15, 0.2) is 0 Å². The number of nitrogens with zero attached hydrogens (tertiary/aromatic N) is 1. The first-order valence-corrected chi connectivity index (χ1v) is 4.16. The maximum atomic E-state index is 11.6. The first-order valence-electron chi connectivity index (χ1n) is 4.16. The third kappa shape index (κ3) is 0.838. The predicted octanol–water partition coefficient (Wildman–Crippen LogP) is -0.645. The lowest BCUT2D eigenvalue weighted by atomic mass is 9.85. The minimum Gasteiger partial charge on any atom is -0.355 e. The minimum atomic E-state index is -0.383. The molecular weight excluding hydrogens is 156 g/mol. The highest BCUT2D eigenvalue weighted by molar-refractivity contribution is 5.93. The van der Waals surface area contributed by atoms with Crippen molar-refractivity contribution in [2.24, 2.45) is 5.41 Å². The highest BCUT2D eigenvalue weighted by Gasteiger charge is 2.50. The van der Waals surface area contributed by atoms with E-state index in [4.69, 9.17) is 0 Å². The summed E-state index contributed by atoms with van der Waals surface area (Å²) >= 11 is 0. The van der Waals surface area contributed by atoms with Gasteiger partial charge in [0.05, 0.1) is 5.41 Å². The topological polar surface area (TPSA) is 49.4 Å². The van der Waals surface area contributed by atoms with E-state index >= 15 is 0 Å². The Labute approximate surface area is 70.9 Å². The molecule has 0 saturated carbocycles. The third-order valence-electron chi connectivity index (χ3n) is 2.85. The number of carbonyl (C=O) groups is 2. The number of carbonyl (C=O) groups excluding carboxylic acids is 2. The fourth-order valence-corrected chi connectivity index (χ4v) is 2.02. The van der Waals surface area contributed by atoms with Crippen LogP contribution in [0.4, 0.5) is 0 Å². The molecule has 2 saturated heterocycles. The number of nitrogens with one attached hydrogen (secondary N) is 1. The Bertz CT molecular complexity index is 251. The minimum absolute atomic E-state index is 0.0126. The standard InChI is InChI=1S/C8H12N2O2/c1-10-3-2-8(7(10)12)4-6(11)9-5-8/h2-5H2,1H3,(H,9,11)/t8-/m0/s1. The first-order chi connectivity index (χ1) is 5.64. The second kappa shape index (κ2) is 2.21. The van der Waals surface area contributed by atoms with Crippen LogP contribution in [0, 0.1) is 5.41 Å². The van der Waals surface area contributed by atoms with Gasteiger partial charge in [0.25, 0.3) is 0 Å². The number of hydrogen-bond acceptors (Lipinski definition) is 2. The summed E-state index contributed by atoms with van der Waals surface area (Å²) in [5.41, 5.74) is -0.383. The van der Waals surface area contributed by atoms with Gasteiger partial charge in [-0.05, 0) is 6.42 Å². The lowest BCUT2D eigenvalue weighted by molar-refractivity contribution is -0.135. The maximum Gasteiger partial charge on any atom is 0.230 e. The molecule has 1 N–H and O–H groups in total. The van der Waals surface area contributed by atoms with E-state index in [-0.39, 0.29) is 17.2 Å². The monoisotopic (exact) mass is 168 g/mol. The zero-order valence-electron chi connectivity index (χ0n) is 7.09. The zero-order valence-corrected chi connectivity index (χ0v) is 7.09. The Kier molecular flexibility index (Phi) is 1.40. The predicted molar refractivity (Wildman–Crippen MR) is 42.3 cm³/mol. The van der Waals surface area contributed by atoms with Crippen molar-refractivity contribution in [3.05, 3.63) is 0 Å². The van der Waals surface area contributed by atoms with E-state index in [1.165, 1.54) is 0 Å². The van der Waals surface area contributed by atoms with Crippen molar-refractivity contribution in [2.75, 3.05) is 20.1 Å². The smallest absolute Gasteiger partial charge is 0.230 e. The number of amides is 2. The van der Waals surface area contributed by atoms with Gasteiger partial charge in [0, 0.05) is 26.6 Å². The Morgan fingerprint density at radius 3 is 2.67 bits per heavy atom. The van der Waals surface area contributed by atoms with Crippen LogP contribution in [0.15, 0.2) is 0 Å². The Morgan fingerprint density at radius 2 is 2.25 bits per heavy atom. The van der Waals surface area contributed by atoms with Crippen molar-refractivity contribution in [1.29, 1.82) is 0 Å². The summed E-state index contributed by atoms with van der Waals surface area (Å²) in [7, 11) is 1.79. The SMILES string of the molecule is CN1CC[C@]2(CNC(=O)C2)C1=O. The molecule has 0 bridgehead atoms. The quantitative estimate of drug-likeness (QED) is 0.523. The lowest BCUT2D eigenvalue weighted by Crippen LogP contribution is -2.34. The fourth-order valence-electron chi connectivity index (χ4n) is 2.02. The average Bonchev–Trinajstić information content (AvgIpc) is 2.53. The molecule has 1 spiro atoms. The highest BCUT2D eigenvalue weighted by Crippen LogP contribution is 2.36. The summed E-state index contributed by atoms with van der Waals surface area (Å²) in [5.74, 6) is 0.138. The molecule has 2 aliphatic heterocycles. The van der Waals surface area contributed by atoms with Crippen molar-refractivity contribution in [3.63, 3.8) is 0 Å². The van der Waals surface area contributed by atoms with E-state index < -0.39 is 0 Å². The molecule has 0 aliphatic carbocycles. The molecule has 0 radical (unpaired) electrons. The maximum absolute atomic E-state index is 11.6. The van der Waals surface area contributed by atoms with E-state index in [0.717, 1.165) is 13.0 Å². The van der Waals surface area contributed by atoms with Crippen LogP contribution >= 0.6 is 0 Å². The number of likely N-dealkylation sites (tertiary alicyclic amines) is 1. The second-order valence-corrected chi connectivity index (χ2v) is 3.71. The van der Waals surface area contributed by atoms with Crippen LogP contribution in [-0.2, 0) is 9.59 Å². The van der Waals surface area contributed by atoms with Crippen molar-refractivity contribution >= 4 is 11.8 Å². The van der Waals surface area contributed by atoms with E-state index in [9.17, 15) is 9.59 Å². The molecule has 2 aliphatic rings. The summed E-state index contributed by atoms with van der Waals surface area (Å²) in [6.07, 6.45) is 1.21. The number of rotatable bonds is 0. The van der Waals surface area contributed by atoms with Crippen LogP contribution in [0.5, 0.6) is 0 Å². The molecule has 2 rings (SSSR count). The molecule has 2 fully saturated rings. The van der Waals surface area contributed by atoms with Gasteiger partial charge in [-0.25, -0.2) is 0 Å². The van der Waals surface area contributed by atoms with Gasteiger partial charge in [-0.3, -0.25) is 9.59 Å². The first kappa shape index (κ1) is 7.58. The van der Waals surface area contributed by atoms with Gasteiger partial charge >= 0.3 is 0 Å². The van der Waals surface area contributed by atoms with Crippen molar-refractivity contribution in [2.45, 2.75) is 12.8 Å². The Morgan fingerprint density at radius 1 is 1.50 bits per heavy atom. The van der Waals surface area contributed by atoms with Gasteiger partial charge in [-0.2, -0.15) is 0 Å². The van der Waals surface area contributed by atoms with Gasteiger partial charge in [0.1, 0.15) is 0 Å². The fraction of sp³-hybridized carbons (Fsp3) is 0.750. The Balaban J connectivity index is 2.23. The van der Waals surface area contributed by atoms with E-state index in [1.54, 1.807) is 11.9 Å². The van der Waals surface area contributed by atoms with Gasteiger partial charge in [-0.15, -0.1) is 0 Å². The summed E-state index contributed by atoms with van der Waals surface area (Å²) in [6, 6.07) is 0. The lowest BCUT2D eigenvalue weighted by Gasteiger charge is -2.17. The van der Waals surface area contributed by atoms with Gasteiger partial charge in [-0.1, -0.05) is 0 Å². The molecule has 12 heavy (non-hydrogen) atoms. The molecule has 0 aromatic rings. The molecular formula is C8H12N2O2. The average molecular weight is 168 g/mol. The van der Waals surface area contributed by atoms with Crippen LogP contribution in [0.25, 0.3) is 0 Å². The largest absolute Gasteiger partial charge is 0.355 e. The van der Waals surface area contributed by atoms with Crippen LogP contribution in [0.2, 0.25) is 0 Å². The van der Waals surface area contributed by atoms with E-state index in [0.29, 0.717) is 13.0 Å².